The summed E-state index contributed by atoms with van der Waals surface area (Å²) in [6.45, 7) is 9.18. The minimum absolute atomic E-state index is 0.210. The van der Waals surface area contributed by atoms with Crippen molar-refractivity contribution in [2.24, 2.45) is 0 Å². The van der Waals surface area contributed by atoms with Crippen LogP contribution in [0.1, 0.15) is 38.9 Å². The number of amides is 1. The van der Waals surface area contributed by atoms with E-state index in [1.807, 2.05) is 39.0 Å². The number of hydrogen-bond acceptors (Lipinski definition) is 3. The van der Waals surface area contributed by atoms with Crippen LogP contribution in [-0.2, 0) is 4.74 Å². The van der Waals surface area contributed by atoms with Gasteiger partial charge in [0.2, 0.25) is 0 Å². The van der Waals surface area contributed by atoms with Crippen molar-refractivity contribution in [1.29, 1.82) is 0 Å². The molecule has 1 aromatic heterocycles. The third-order valence-corrected chi connectivity index (χ3v) is 2.14. The predicted molar refractivity (Wildman–Crippen MR) is 71.2 cm³/mol. The van der Waals surface area contributed by atoms with Crippen molar-refractivity contribution in [3.63, 3.8) is 0 Å². The van der Waals surface area contributed by atoms with Crippen molar-refractivity contribution in [3.05, 3.63) is 42.7 Å². The van der Waals surface area contributed by atoms with E-state index >= 15 is 0 Å². The highest BCUT2D eigenvalue weighted by Crippen LogP contribution is 2.15. The largest absolute Gasteiger partial charge is 0.444 e. The summed E-state index contributed by atoms with van der Waals surface area (Å²) in [6.07, 6.45) is 3.61. The van der Waals surface area contributed by atoms with Gasteiger partial charge in [-0.25, -0.2) is 4.79 Å². The summed E-state index contributed by atoms with van der Waals surface area (Å²) < 4.78 is 5.22. The normalized spacial score (nSPS) is 12.6. The van der Waals surface area contributed by atoms with E-state index in [0.717, 1.165) is 5.69 Å². The van der Waals surface area contributed by atoms with Gasteiger partial charge in [0.1, 0.15) is 5.60 Å². The maximum Gasteiger partial charge on any atom is 0.408 e. The van der Waals surface area contributed by atoms with Crippen LogP contribution in [0.5, 0.6) is 0 Å². The molecule has 1 aromatic rings. The van der Waals surface area contributed by atoms with Crippen molar-refractivity contribution < 1.29 is 9.53 Å². The molecule has 0 spiro atoms. The lowest BCUT2D eigenvalue weighted by Crippen LogP contribution is -2.35. The zero-order chi connectivity index (χ0) is 13.6. The Morgan fingerprint density at radius 2 is 2.28 bits per heavy atom. The quantitative estimate of drug-likeness (QED) is 0.832. The highest BCUT2D eigenvalue weighted by atomic mass is 16.6. The van der Waals surface area contributed by atoms with Crippen molar-refractivity contribution in [1.82, 2.24) is 10.3 Å². The van der Waals surface area contributed by atoms with Crippen molar-refractivity contribution >= 4 is 6.09 Å². The zero-order valence-electron chi connectivity index (χ0n) is 11.1. The number of nitrogens with zero attached hydrogens (tertiary/aromatic N) is 1. The minimum Gasteiger partial charge on any atom is -0.444 e. The third-order valence-electron chi connectivity index (χ3n) is 2.14. The summed E-state index contributed by atoms with van der Waals surface area (Å²) in [5.41, 5.74) is 0.288. The van der Waals surface area contributed by atoms with Crippen LogP contribution in [0.3, 0.4) is 0 Å². The molecular formula is C14H20N2O2. The Kier molecular flexibility index (Phi) is 4.89. The highest BCUT2D eigenvalue weighted by molar-refractivity contribution is 5.68. The Morgan fingerprint density at radius 1 is 1.56 bits per heavy atom. The van der Waals surface area contributed by atoms with E-state index in [9.17, 15) is 4.79 Å². The first-order valence-electron chi connectivity index (χ1n) is 5.93. The molecule has 1 rings (SSSR count). The van der Waals surface area contributed by atoms with Crippen LogP contribution < -0.4 is 5.32 Å². The van der Waals surface area contributed by atoms with Gasteiger partial charge in [-0.05, 0) is 39.3 Å². The molecule has 0 bridgehead atoms. The van der Waals surface area contributed by atoms with Crippen LogP contribution in [0.2, 0.25) is 0 Å². The molecule has 0 aliphatic heterocycles. The number of aromatic nitrogens is 1. The standard InChI is InChI=1S/C14H20N2O2/c1-5-8-12(11-9-6-7-10-15-11)16-13(17)18-14(2,3)4/h5-7,9-10,12H,1,8H2,2-4H3,(H,16,17)/t12-/m0/s1. The maximum atomic E-state index is 11.7. The monoisotopic (exact) mass is 248 g/mol. The molecule has 0 fully saturated rings. The molecule has 1 heterocycles. The van der Waals surface area contributed by atoms with Gasteiger partial charge in [-0.1, -0.05) is 12.1 Å². The van der Waals surface area contributed by atoms with Gasteiger partial charge in [-0.2, -0.15) is 0 Å². The molecule has 0 unspecified atom stereocenters. The van der Waals surface area contributed by atoms with E-state index in [2.05, 4.69) is 16.9 Å². The van der Waals surface area contributed by atoms with E-state index in [-0.39, 0.29) is 6.04 Å². The second-order valence-corrected chi connectivity index (χ2v) is 4.98. The lowest BCUT2D eigenvalue weighted by Gasteiger charge is -2.22. The number of hydrogen-bond donors (Lipinski definition) is 1. The number of carbonyl (C=O) groups excluding carboxylic acids is 1. The Hall–Kier alpha value is -1.84. The third kappa shape index (κ3) is 4.99. The molecule has 1 amide bonds. The fraction of sp³-hybridized carbons (Fsp3) is 0.429. The van der Waals surface area contributed by atoms with Gasteiger partial charge in [0.05, 0.1) is 11.7 Å². The zero-order valence-corrected chi connectivity index (χ0v) is 11.1. The summed E-state index contributed by atoms with van der Waals surface area (Å²) in [7, 11) is 0. The second-order valence-electron chi connectivity index (χ2n) is 4.98. The first kappa shape index (κ1) is 14.2. The summed E-state index contributed by atoms with van der Waals surface area (Å²) in [4.78, 5) is 16.0. The van der Waals surface area contributed by atoms with Crippen LogP contribution in [-0.4, -0.2) is 16.7 Å². The molecule has 4 nitrogen and oxygen atoms in total. The summed E-state index contributed by atoms with van der Waals surface area (Å²) in [6, 6.07) is 5.38. The van der Waals surface area contributed by atoms with Crippen LogP contribution in [0.25, 0.3) is 0 Å². The van der Waals surface area contributed by atoms with Crippen LogP contribution in [0, 0.1) is 0 Å². The number of pyridine rings is 1. The molecule has 1 N–H and O–H groups in total. The smallest absolute Gasteiger partial charge is 0.408 e. The first-order valence-corrected chi connectivity index (χ1v) is 5.93. The Bertz CT molecular complexity index is 396. The Balaban J connectivity index is 2.70. The van der Waals surface area contributed by atoms with Gasteiger partial charge in [-0.3, -0.25) is 4.98 Å². The average molecular weight is 248 g/mol. The topological polar surface area (TPSA) is 51.2 Å². The molecule has 0 saturated carbocycles. The SMILES string of the molecule is C=CC[C@H](NC(=O)OC(C)(C)C)c1ccccn1. The predicted octanol–water partition coefficient (Wildman–Crippen LogP) is 3.22. The highest BCUT2D eigenvalue weighted by Gasteiger charge is 2.20. The lowest BCUT2D eigenvalue weighted by molar-refractivity contribution is 0.0503. The molecule has 0 saturated heterocycles. The van der Waals surface area contributed by atoms with Crippen molar-refractivity contribution in [3.8, 4) is 0 Å². The average Bonchev–Trinajstić information content (AvgIpc) is 2.27. The molecule has 0 aliphatic rings. The minimum atomic E-state index is -0.507. The molecule has 98 valence electrons. The van der Waals surface area contributed by atoms with Gasteiger partial charge in [0, 0.05) is 6.20 Å². The number of nitrogens with one attached hydrogen (secondary N) is 1. The van der Waals surface area contributed by atoms with Crippen LogP contribution in [0.4, 0.5) is 4.79 Å². The van der Waals surface area contributed by atoms with Gasteiger partial charge < -0.3 is 10.1 Å². The molecule has 0 radical (unpaired) electrons. The van der Waals surface area contributed by atoms with Gasteiger partial charge >= 0.3 is 6.09 Å². The Morgan fingerprint density at radius 3 is 2.78 bits per heavy atom. The number of carbonyl (C=O) groups is 1. The van der Waals surface area contributed by atoms with Crippen molar-refractivity contribution in [2.75, 3.05) is 0 Å². The maximum absolute atomic E-state index is 11.7. The molecule has 1 atom stereocenters. The van der Waals surface area contributed by atoms with E-state index in [4.69, 9.17) is 4.74 Å². The van der Waals surface area contributed by atoms with Gasteiger partial charge in [0.25, 0.3) is 0 Å². The van der Waals surface area contributed by atoms with E-state index in [1.165, 1.54) is 0 Å². The fourth-order valence-electron chi connectivity index (χ4n) is 1.45. The Labute approximate surface area is 108 Å². The van der Waals surface area contributed by atoms with Crippen LogP contribution in [0.15, 0.2) is 37.1 Å². The van der Waals surface area contributed by atoms with Gasteiger partial charge in [-0.15, -0.1) is 6.58 Å². The van der Waals surface area contributed by atoms with E-state index < -0.39 is 11.7 Å². The van der Waals surface area contributed by atoms with E-state index in [1.54, 1.807) is 12.3 Å². The summed E-state index contributed by atoms with van der Waals surface area (Å²) in [5.74, 6) is 0. The number of ether oxygens (including phenoxy) is 1. The molecule has 4 heteroatoms. The van der Waals surface area contributed by atoms with Crippen LogP contribution >= 0.6 is 0 Å². The molecule has 0 aliphatic carbocycles. The summed E-state index contributed by atoms with van der Waals surface area (Å²) in [5, 5.41) is 2.80. The lowest BCUT2D eigenvalue weighted by atomic mass is 10.1. The number of rotatable bonds is 4. The van der Waals surface area contributed by atoms with Gasteiger partial charge in [0.15, 0.2) is 0 Å². The van der Waals surface area contributed by atoms with E-state index in [0.29, 0.717) is 6.42 Å². The second kappa shape index (κ2) is 6.19. The molecular weight excluding hydrogens is 228 g/mol. The van der Waals surface area contributed by atoms with Crippen molar-refractivity contribution in [2.45, 2.75) is 38.8 Å². The fourth-order valence-corrected chi connectivity index (χ4v) is 1.45. The molecule has 0 aromatic carbocycles. The molecule has 18 heavy (non-hydrogen) atoms. The first-order chi connectivity index (χ1) is 8.42. The summed E-state index contributed by atoms with van der Waals surface area (Å²) >= 11 is 0. The number of alkyl carbamates (subject to hydrolysis) is 1.